The van der Waals surface area contributed by atoms with Crippen molar-refractivity contribution < 1.29 is 9.59 Å². The predicted octanol–water partition coefficient (Wildman–Crippen LogP) is 3.30. The van der Waals surface area contributed by atoms with E-state index in [-0.39, 0.29) is 17.6 Å². The molecule has 1 aromatic carbocycles. The minimum Gasteiger partial charge on any atom is -0.325 e. The van der Waals surface area contributed by atoms with Crippen molar-refractivity contribution in [3.8, 4) is 0 Å². The summed E-state index contributed by atoms with van der Waals surface area (Å²) in [6.07, 6.45) is 0. The van der Waals surface area contributed by atoms with E-state index in [1.54, 1.807) is 6.92 Å². The minimum atomic E-state index is -0.317. The van der Waals surface area contributed by atoms with Crippen LogP contribution in [0.3, 0.4) is 0 Å². The van der Waals surface area contributed by atoms with Gasteiger partial charge in [-0.2, -0.15) is 0 Å². The van der Waals surface area contributed by atoms with Gasteiger partial charge in [0, 0.05) is 5.69 Å². The molecule has 2 N–H and O–H groups in total. The van der Waals surface area contributed by atoms with Gasteiger partial charge in [0.05, 0.1) is 11.4 Å². The van der Waals surface area contributed by atoms with Crippen molar-refractivity contribution in [2.24, 2.45) is 0 Å². The lowest BCUT2D eigenvalue weighted by Crippen LogP contribution is -2.14. The molecule has 0 fully saturated rings. The monoisotopic (exact) mass is 420 g/mol. The molecule has 0 atom stereocenters. The first-order valence-corrected chi connectivity index (χ1v) is 10.4. The maximum atomic E-state index is 12.2. The number of benzene rings is 1. The van der Waals surface area contributed by atoms with Crippen LogP contribution < -0.4 is 10.6 Å². The molecule has 0 unspecified atom stereocenters. The van der Waals surface area contributed by atoms with Crippen LogP contribution in [-0.4, -0.2) is 37.4 Å². The van der Waals surface area contributed by atoms with Crippen LogP contribution in [0.2, 0.25) is 0 Å². The fourth-order valence-corrected chi connectivity index (χ4v) is 4.20. The molecule has 0 radical (unpaired) electrons. The number of aryl methyl sites for hydroxylation is 3. The molecule has 0 saturated carbocycles. The van der Waals surface area contributed by atoms with Gasteiger partial charge in [-0.25, -0.2) is 0 Å². The minimum absolute atomic E-state index is 0.124. The summed E-state index contributed by atoms with van der Waals surface area (Å²) in [6.45, 7) is 5.64. The summed E-state index contributed by atoms with van der Waals surface area (Å²) >= 11 is 3.50. The number of anilines is 2. The zero-order valence-electron chi connectivity index (χ0n) is 14.8. The van der Waals surface area contributed by atoms with Gasteiger partial charge in [0.15, 0.2) is 4.34 Å². The smallest absolute Gasteiger partial charge is 0.271 e. The summed E-state index contributed by atoms with van der Waals surface area (Å²) in [7, 11) is 0. The molecule has 27 heavy (non-hydrogen) atoms. The highest BCUT2D eigenvalue weighted by molar-refractivity contribution is 8.01. The number of carbonyl (C=O) groups is 2. The molecule has 0 saturated heterocycles. The maximum absolute atomic E-state index is 12.2. The fourth-order valence-electron chi connectivity index (χ4n) is 2.10. The van der Waals surface area contributed by atoms with E-state index in [0.29, 0.717) is 20.0 Å². The number of thioether (sulfide) groups is 1. The maximum Gasteiger partial charge on any atom is 0.271 e. The van der Waals surface area contributed by atoms with E-state index >= 15 is 0 Å². The van der Waals surface area contributed by atoms with E-state index in [0.717, 1.165) is 28.3 Å². The van der Waals surface area contributed by atoms with E-state index in [1.807, 2.05) is 32.0 Å². The summed E-state index contributed by atoms with van der Waals surface area (Å²) in [5.41, 5.74) is 3.46. The number of hydrogen-bond donors (Lipinski definition) is 2. The summed E-state index contributed by atoms with van der Waals surface area (Å²) in [6, 6.07) is 5.91. The summed E-state index contributed by atoms with van der Waals surface area (Å²) < 4.78 is 4.33. The second kappa shape index (κ2) is 8.55. The van der Waals surface area contributed by atoms with Crippen LogP contribution in [0.5, 0.6) is 0 Å². The first-order chi connectivity index (χ1) is 12.9. The lowest BCUT2D eigenvalue weighted by atomic mass is 10.1. The van der Waals surface area contributed by atoms with Crippen molar-refractivity contribution in [1.29, 1.82) is 0 Å². The second-order valence-corrected chi connectivity index (χ2v) is 8.62. The fraction of sp³-hybridized carbons (Fsp3) is 0.250. The SMILES string of the molecule is Cc1ccc(C)c(NC(=O)CSc2nnc(NC(=O)c3snnc3C)s2)c1. The number of aromatic nitrogens is 4. The normalized spacial score (nSPS) is 10.6. The molecule has 0 bridgehead atoms. The van der Waals surface area contributed by atoms with Crippen molar-refractivity contribution in [3.63, 3.8) is 0 Å². The van der Waals surface area contributed by atoms with Gasteiger partial charge in [0.2, 0.25) is 11.0 Å². The van der Waals surface area contributed by atoms with E-state index in [4.69, 9.17) is 0 Å². The van der Waals surface area contributed by atoms with Crippen LogP contribution in [-0.2, 0) is 4.79 Å². The lowest BCUT2D eigenvalue weighted by molar-refractivity contribution is -0.113. The summed E-state index contributed by atoms with van der Waals surface area (Å²) in [5.74, 6) is -0.239. The van der Waals surface area contributed by atoms with Crippen molar-refractivity contribution in [3.05, 3.63) is 39.9 Å². The molecule has 8 nitrogen and oxygen atoms in total. The Hall–Kier alpha value is -2.37. The second-order valence-electron chi connectivity index (χ2n) is 5.67. The Kier molecular flexibility index (Phi) is 6.14. The van der Waals surface area contributed by atoms with Crippen molar-refractivity contribution in [1.82, 2.24) is 19.8 Å². The number of nitrogens with zero attached hydrogens (tertiary/aromatic N) is 4. The lowest BCUT2D eigenvalue weighted by Gasteiger charge is -2.08. The van der Waals surface area contributed by atoms with Gasteiger partial charge in [-0.05, 0) is 49.5 Å². The van der Waals surface area contributed by atoms with E-state index in [1.165, 1.54) is 23.1 Å². The van der Waals surface area contributed by atoms with Crippen LogP contribution in [0.15, 0.2) is 22.5 Å². The van der Waals surface area contributed by atoms with Crippen LogP contribution in [0.1, 0.15) is 26.5 Å². The van der Waals surface area contributed by atoms with Crippen LogP contribution in [0.4, 0.5) is 10.8 Å². The Balaban J connectivity index is 1.53. The molecule has 0 spiro atoms. The molecule has 2 amide bonds. The highest BCUT2D eigenvalue weighted by Gasteiger charge is 2.16. The van der Waals surface area contributed by atoms with Crippen molar-refractivity contribution in [2.75, 3.05) is 16.4 Å². The van der Waals surface area contributed by atoms with Gasteiger partial charge in [-0.3, -0.25) is 14.9 Å². The quantitative estimate of drug-likeness (QED) is 0.465. The highest BCUT2D eigenvalue weighted by Crippen LogP contribution is 2.26. The van der Waals surface area contributed by atoms with Crippen molar-refractivity contribution >= 4 is 57.3 Å². The van der Waals surface area contributed by atoms with Gasteiger partial charge in [0.25, 0.3) is 5.91 Å². The standard InChI is InChI=1S/C16H16N6O2S3/c1-8-4-5-9(2)11(6-8)17-12(23)7-25-16-21-20-15(26-16)18-14(24)13-10(3)19-22-27-13/h4-6H,7H2,1-3H3,(H,17,23)(H,18,20,24). The summed E-state index contributed by atoms with van der Waals surface area (Å²) in [4.78, 5) is 24.7. The van der Waals surface area contributed by atoms with Gasteiger partial charge in [-0.15, -0.1) is 15.3 Å². The largest absolute Gasteiger partial charge is 0.325 e. The van der Waals surface area contributed by atoms with Gasteiger partial charge < -0.3 is 5.32 Å². The molecular formula is C16H16N6O2S3. The van der Waals surface area contributed by atoms with E-state index in [2.05, 4.69) is 30.4 Å². The first-order valence-electron chi connectivity index (χ1n) is 7.86. The topological polar surface area (TPSA) is 110 Å². The average molecular weight is 421 g/mol. The number of rotatable bonds is 6. The van der Waals surface area contributed by atoms with Gasteiger partial charge in [-0.1, -0.05) is 39.7 Å². The zero-order valence-corrected chi connectivity index (χ0v) is 17.2. The van der Waals surface area contributed by atoms with Gasteiger partial charge in [0.1, 0.15) is 4.88 Å². The van der Waals surface area contributed by atoms with E-state index in [9.17, 15) is 9.59 Å². The van der Waals surface area contributed by atoms with E-state index < -0.39 is 0 Å². The zero-order chi connectivity index (χ0) is 19.4. The third kappa shape index (κ3) is 5.08. The number of amides is 2. The number of hydrogen-bond acceptors (Lipinski definition) is 9. The van der Waals surface area contributed by atoms with Crippen LogP contribution >= 0.6 is 34.6 Å². The third-order valence-electron chi connectivity index (χ3n) is 3.48. The van der Waals surface area contributed by atoms with Crippen molar-refractivity contribution in [2.45, 2.75) is 25.1 Å². The van der Waals surface area contributed by atoms with Crippen LogP contribution in [0, 0.1) is 20.8 Å². The number of nitrogens with one attached hydrogen (secondary N) is 2. The average Bonchev–Trinajstić information content (AvgIpc) is 3.25. The molecule has 2 aromatic heterocycles. The third-order valence-corrected chi connectivity index (χ3v) is 6.28. The molecule has 2 heterocycles. The Morgan fingerprint density at radius 1 is 1.11 bits per heavy atom. The molecule has 0 aliphatic rings. The van der Waals surface area contributed by atoms with Crippen LogP contribution in [0.25, 0.3) is 0 Å². The Labute approximate surface area is 168 Å². The molecule has 11 heteroatoms. The molecule has 0 aliphatic carbocycles. The Morgan fingerprint density at radius 3 is 2.67 bits per heavy atom. The summed E-state index contributed by atoms with van der Waals surface area (Å²) in [5, 5.41) is 17.7. The molecular weight excluding hydrogens is 404 g/mol. The number of carbonyl (C=O) groups excluding carboxylic acids is 2. The Bertz CT molecular complexity index is 984. The van der Waals surface area contributed by atoms with Gasteiger partial charge >= 0.3 is 0 Å². The molecule has 0 aliphatic heterocycles. The molecule has 140 valence electrons. The Morgan fingerprint density at radius 2 is 1.93 bits per heavy atom. The predicted molar refractivity (Wildman–Crippen MR) is 108 cm³/mol. The highest BCUT2D eigenvalue weighted by atomic mass is 32.2. The first kappa shape index (κ1) is 19.4. The molecule has 3 rings (SSSR count). The molecule has 3 aromatic rings.